The Labute approximate surface area is 105 Å². The van der Waals surface area contributed by atoms with Gasteiger partial charge in [0.1, 0.15) is 17.8 Å². The van der Waals surface area contributed by atoms with Crippen molar-refractivity contribution in [2.75, 3.05) is 0 Å². The zero-order valence-corrected chi connectivity index (χ0v) is 10.1. The van der Waals surface area contributed by atoms with Crippen LogP contribution in [-0.4, -0.2) is 29.1 Å². The van der Waals surface area contributed by atoms with Gasteiger partial charge in [-0.25, -0.2) is 0 Å². The van der Waals surface area contributed by atoms with Crippen LogP contribution < -0.4 is 4.74 Å². The highest BCUT2D eigenvalue weighted by atomic mass is 16.5. The van der Waals surface area contributed by atoms with E-state index < -0.39 is 6.10 Å². The first kappa shape index (κ1) is 14.2. The number of carbonyl (C=O) groups excluding carboxylic acids is 2. The highest BCUT2D eigenvalue weighted by Gasteiger charge is 2.13. The first-order chi connectivity index (χ1) is 8.55. The van der Waals surface area contributed by atoms with Crippen LogP contribution in [0, 0.1) is 5.92 Å². The molecule has 1 rings (SSSR count). The molecule has 18 heavy (non-hydrogen) atoms. The van der Waals surface area contributed by atoms with Gasteiger partial charge in [0.25, 0.3) is 6.47 Å². The maximum absolute atomic E-state index is 10.9. The monoisotopic (exact) mass is 252 g/mol. The second kappa shape index (κ2) is 6.76. The minimum atomic E-state index is -0.566. The lowest BCUT2D eigenvalue weighted by Crippen LogP contribution is -2.13. The van der Waals surface area contributed by atoms with E-state index in [0.29, 0.717) is 18.4 Å². The van der Waals surface area contributed by atoms with Crippen molar-refractivity contribution in [1.29, 1.82) is 0 Å². The maximum atomic E-state index is 10.9. The van der Waals surface area contributed by atoms with Crippen LogP contribution in [0.4, 0.5) is 0 Å². The number of aldehydes is 1. The number of aromatic hydroxyl groups is 1. The Balaban J connectivity index is 2.81. The zero-order valence-electron chi connectivity index (χ0n) is 10.1. The largest absolute Gasteiger partial charge is 0.508 e. The van der Waals surface area contributed by atoms with Gasteiger partial charge >= 0.3 is 0 Å². The normalized spacial score (nSPS) is 13.7. The summed E-state index contributed by atoms with van der Waals surface area (Å²) >= 11 is 0. The summed E-state index contributed by atoms with van der Waals surface area (Å²) < 4.78 is 4.65. The van der Waals surface area contributed by atoms with Gasteiger partial charge in [0.15, 0.2) is 0 Å². The third kappa shape index (κ3) is 4.55. The highest BCUT2D eigenvalue weighted by Crippen LogP contribution is 2.24. The van der Waals surface area contributed by atoms with E-state index in [0.717, 1.165) is 6.29 Å². The first-order valence-corrected chi connectivity index (χ1v) is 5.61. The number of hydrogen-bond acceptors (Lipinski definition) is 5. The lowest BCUT2D eigenvalue weighted by Gasteiger charge is -2.13. The van der Waals surface area contributed by atoms with E-state index in [9.17, 15) is 19.8 Å². The molecular formula is C13H16O5. The standard InChI is InChI=1S/C13H16O5/c1-9(16)2-11(7-14)3-10-4-12(17)6-13(5-10)18-8-15/h4-9,11,16-17H,2-3H2,1H3. The molecule has 0 amide bonds. The number of phenolic OH excluding ortho intramolecular Hbond substituents is 1. The Morgan fingerprint density at radius 2 is 2.06 bits per heavy atom. The number of aliphatic hydroxyl groups excluding tert-OH is 1. The molecule has 1 aromatic rings. The molecule has 0 spiro atoms. The lowest BCUT2D eigenvalue weighted by atomic mass is 9.95. The van der Waals surface area contributed by atoms with Crippen LogP contribution in [-0.2, 0) is 16.0 Å². The Morgan fingerprint density at radius 3 is 2.61 bits per heavy atom. The van der Waals surface area contributed by atoms with Crippen LogP contribution >= 0.6 is 0 Å². The fourth-order valence-corrected chi connectivity index (χ4v) is 1.81. The third-order valence-corrected chi connectivity index (χ3v) is 2.47. The number of carbonyl (C=O) groups is 2. The molecule has 0 fully saturated rings. The van der Waals surface area contributed by atoms with E-state index >= 15 is 0 Å². The maximum Gasteiger partial charge on any atom is 0.298 e. The molecule has 5 nitrogen and oxygen atoms in total. The molecule has 2 atom stereocenters. The van der Waals surface area contributed by atoms with Crippen LogP contribution in [0.3, 0.4) is 0 Å². The van der Waals surface area contributed by atoms with E-state index in [1.165, 1.54) is 12.1 Å². The van der Waals surface area contributed by atoms with Crippen molar-refractivity contribution in [3.8, 4) is 11.5 Å². The smallest absolute Gasteiger partial charge is 0.298 e. The van der Waals surface area contributed by atoms with Gasteiger partial charge in [0.05, 0.1) is 6.10 Å². The summed E-state index contributed by atoms with van der Waals surface area (Å²) in [6, 6.07) is 4.38. The minimum absolute atomic E-state index is 0.0361. The molecule has 0 radical (unpaired) electrons. The quantitative estimate of drug-likeness (QED) is 0.709. The summed E-state index contributed by atoms with van der Waals surface area (Å²) in [7, 11) is 0. The number of aliphatic hydroxyl groups is 1. The molecule has 0 saturated heterocycles. The Bertz CT molecular complexity index is 414. The van der Waals surface area contributed by atoms with Gasteiger partial charge in [-0.1, -0.05) is 0 Å². The molecule has 2 N–H and O–H groups in total. The van der Waals surface area contributed by atoms with Gasteiger partial charge in [-0.15, -0.1) is 0 Å². The van der Waals surface area contributed by atoms with Gasteiger partial charge in [-0.2, -0.15) is 0 Å². The Morgan fingerprint density at radius 1 is 1.33 bits per heavy atom. The summed E-state index contributed by atoms with van der Waals surface area (Å²) in [5, 5.41) is 18.7. The van der Waals surface area contributed by atoms with Crippen molar-refractivity contribution >= 4 is 12.8 Å². The average molecular weight is 252 g/mol. The van der Waals surface area contributed by atoms with Crippen LogP contribution in [0.1, 0.15) is 18.9 Å². The lowest BCUT2D eigenvalue weighted by molar-refractivity contribution is -0.120. The molecule has 98 valence electrons. The van der Waals surface area contributed by atoms with E-state index in [-0.39, 0.29) is 23.9 Å². The average Bonchev–Trinajstić information content (AvgIpc) is 2.27. The van der Waals surface area contributed by atoms with Crippen molar-refractivity contribution in [3.63, 3.8) is 0 Å². The molecule has 0 aliphatic rings. The van der Waals surface area contributed by atoms with Crippen molar-refractivity contribution in [3.05, 3.63) is 23.8 Å². The number of rotatable bonds is 7. The van der Waals surface area contributed by atoms with Crippen molar-refractivity contribution < 1.29 is 24.5 Å². The van der Waals surface area contributed by atoms with Crippen LogP contribution in [0.25, 0.3) is 0 Å². The second-order valence-corrected chi connectivity index (χ2v) is 4.23. The van der Waals surface area contributed by atoms with Gasteiger partial charge in [-0.3, -0.25) is 4.79 Å². The molecule has 0 aromatic heterocycles. The fourth-order valence-electron chi connectivity index (χ4n) is 1.81. The number of phenols is 1. The molecule has 0 heterocycles. The number of benzene rings is 1. The highest BCUT2D eigenvalue weighted by molar-refractivity contribution is 5.55. The molecule has 0 bridgehead atoms. The third-order valence-electron chi connectivity index (χ3n) is 2.47. The summed E-state index contributed by atoms with van der Waals surface area (Å²) in [6.07, 6.45) is 0.932. The van der Waals surface area contributed by atoms with Gasteiger partial charge < -0.3 is 19.7 Å². The first-order valence-electron chi connectivity index (χ1n) is 5.61. The van der Waals surface area contributed by atoms with Crippen LogP contribution in [0.2, 0.25) is 0 Å². The van der Waals surface area contributed by atoms with Crippen LogP contribution in [0.15, 0.2) is 18.2 Å². The molecule has 1 aromatic carbocycles. The van der Waals surface area contributed by atoms with E-state index in [1.807, 2.05) is 0 Å². The summed E-state index contributed by atoms with van der Waals surface area (Å²) in [6.45, 7) is 1.88. The zero-order chi connectivity index (χ0) is 13.5. The molecule has 0 saturated carbocycles. The van der Waals surface area contributed by atoms with Crippen molar-refractivity contribution in [1.82, 2.24) is 0 Å². The van der Waals surface area contributed by atoms with Crippen LogP contribution in [0.5, 0.6) is 11.5 Å². The van der Waals surface area contributed by atoms with E-state index in [1.54, 1.807) is 13.0 Å². The van der Waals surface area contributed by atoms with Gasteiger partial charge in [0, 0.05) is 12.0 Å². The Hall–Kier alpha value is -1.88. The van der Waals surface area contributed by atoms with Crippen molar-refractivity contribution in [2.24, 2.45) is 5.92 Å². The predicted octanol–water partition coefficient (Wildman–Crippen LogP) is 1.06. The number of hydrogen-bond donors (Lipinski definition) is 2. The van der Waals surface area contributed by atoms with Gasteiger partial charge in [0.2, 0.25) is 0 Å². The SMILES string of the molecule is CC(O)CC(C=O)Cc1cc(O)cc(OC=O)c1. The topological polar surface area (TPSA) is 83.8 Å². The molecule has 2 unspecified atom stereocenters. The van der Waals surface area contributed by atoms with E-state index in [2.05, 4.69) is 4.74 Å². The predicted molar refractivity (Wildman–Crippen MR) is 64.4 cm³/mol. The number of ether oxygens (including phenoxy) is 1. The van der Waals surface area contributed by atoms with Crippen molar-refractivity contribution in [2.45, 2.75) is 25.9 Å². The summed E-state index contributed by atoms with van der Waals surface area (Å²) in [5.74, 6) is -0.149. The summed E-state index contributed by atoms with van der Waals surface area (Å²) in [5.41, 5.74) is 0.671. The Kier molecular flexibility index (Phi) is 5.32. The van der Waals surface area contributed by atoms with Gasteiger partial charge in [-0.05, 0) is 37.5 Å². The minimum Gasteiger partial charge on any atom is -0.508 e. The molecular weight excluding hydrogens is 236 g/mol. The molecule has 0 aliphatic heterocycles. The molecule has 5 heteroatoms. The van der Waals surface area contributed by atoms with E-state index in [4.69, 9.17) is 0 Å². The second-order valence-electron chi connectivity index (χ2n) is 4.23. The fraction of sp³-hybridized carbons (Fsp3) is 0.385. The summed E-state index contributed by atoms with van der Waals surface area (Å²) in [4.78, 5) is 21.1. The molecule has 0 aliphatic carbocycles.